The normalized spacial score (nSPS) is 23.6. The Morgan fingerprint density at radius 2 is 1.97 bits per heavy atom. The maximum Gasteiger partial charge on any atom is 0.310 e. The van der Waals surface area contributed by atoms with Crippen LogP contribution in [0.15, 0.2) is 24.3 Å². The van der Waals surface area contributed by atoms with Gasteiger partial charge in [-0.25, -0.2) is 0 Å². The average molecular weight is 399 g/mol. The van der Waals surface area contributed by atoms with E-state index in [1.54, 1.807) is 4.90 Å². The Hall–Kier alpha value is -2.41. The van der Waals surface area contributed by atoms with Crippen LogP contribution in [0.1, 0.15) is 45.4 Å². The summed E-state index contributed by atoms with van der Waals surface area (Å²) in [7, 11) is 0. The van der Waals surface area contributed by atoms with E-state index in [9.17, 15) is 14.4 Å². The summed E-state index contributed by atoms with van der Waals surface area (Å²) in [6.07, 6.45) is 4.90. The van der Waals surface area contributed by atoms with E-state index in [0.717, 1.165) is 37.9 Å². The number of piperidine rings is 1. The number of likely N-dealkylation sites (tertiary alicyclic amines) is 1. The lowest BCUT2D eigenvalue weighted by Crippen LogP contribution is -2.62. The highest BCUT2D eigenvalue weighted by Gasteiger charge is 2.52. The zero-order valence-corrected chi connectivity index (χ0v) is 17.0. The van der Waals surface area contributed by atoms with Gasteiger partial charge in [-0.1, -0.05) is 25.0 Å². The van der Waals surface area contributed by atoms with Gasteiger partial charge in [-0.15, -0.1) is 0 Å². The Morgan fingerprint density at radius 1 is 1.21 bits per heavy atom. The van der Waals surface area contributed by atoms with Crippen LogP contribution in [-0.2, 0) is 19.1 Å². The SMILES string of the molecule is CCOC(=O)C1CCCN(CC(=O)N2c3ccccc3NC(=O)C23CCCC3)C1. The molecule has 1 N–H and O–H groups in total. The zero-order valence-electron chi connectivity index (χ0n) is 17.0. The molecule has 2 heterocycles. The summed E-state index contributed by atoms with van der Waals surface area (Å²) in [4.78, 5) is 42.5. The number of carbonyl (C=O) groups excluding carboxylic acids is 3. The first kappa shape index (κ1) is 19.9. The second kappa shape index (κ2) is 8.14. The van der Waals surface area contributed by atoms with Gasteiger partial charge in [-0.05, 0) is 51.3 Å². The third kappa shape index (κ3) is 3.64. The summed E-state index contributed by atoms with van der Waals surface area (Å²) in [6, 6.07) is 7.51. The highest BCUT2D eigenvalue weighted by atomic mass is 16.5. The number of hydrogen-bond acceptors (Lipinski definition) is 5. The monoisotopic (exact) mass is 399 g/mol. The molecular weight excluding hydrogens is 370 g/mol. The first-order valence-corrected chi connectivity index (χ1v) is 10.7. The van der Waals surface area contributed by atoms with E-state index < -0.39 is 5.54 Å². The maximum absolute atomic E-state index is 13.5. The first-order valence-electron chi connectivity index (χ1n) is 10.7. The number of nitrogens with zero attached hydrogens (tertiary/aromatic N) is 2. The minimum absolute atomic E-state index is 0.0706. The Balaban J connectivity index is 1.56. The number of hydrogen-bond donors (Lipinski definition) is 1. The summed E-state index contributed by atoms with van der Waals surface area (Å²) < 4.78 is 5.17. The number of rotatable bonds is 4. The van der Waals surface area contributed by atoms with Crippen molar-refractivity contribution in [3.63, 3.8) is 0 Å². The summed E-state index contributed by atoms with van der Waals surface area (Å²) >= 11 is 0. The molecule has 1 atom stereocenters. The van der Waals surface area contributed by atoms with E-state index >= 15 is 0 Å². The summed E-state index contributed by atoms with van der Waals surface area (Å²) in [6.45, 7) is 3.69. The predicted octanol–water partition coefficient (Wildman–Crippen LogP) is 2.56. The molecule has 0 bridgehead atoms. The molecule has 2 aliphatic heterocycles. The number of fused-ring (bicyclic) bond motifs is 1. The van der Waals surface area contributed by atoms with Crippen molar-refractivity contribution in [2.75, 3.05) is 36.5 Å². The van der Waals surface area contributed by atoms with Crippen LogP contribution in [0, 0.1) is 5.92 Å². The molecule has 7 nitrogen and oxygen atoms in total. The number of benzene rings is 1. The molecule has 0 aromatic heterocycles. The van der Waals surface area contributed by atoms with Crippen molar-refractivity contribution in [3.05, 3.63) is 24.3 Å². The van der Waals surface area contributed by atoms with E-state index in [1.807, 2.05) is 36.1 Å². The van der Waals surface area contributed by atoms with Gasteiger partial charge in [-0.2, -0.15) is 0 Å². The number of carbonyl (C=O) groups is 3. The third-order valence-electron chi connectivity index (χ3n) is 6.41. The molecule has 1 spiro atoms. The number of nitrogens with one attached hydrogen (secondary N) is 1. The van der Waals surface area contributed by atoms with E-state index in [1.165, 1.54) is 0 Å². The highest BCUT2D eigenvalue weighted by Crippen LogP contribution is 2.45. The van der Waals surface area contributed by atoms with Crippen molar-refractivity contribution < 1.29 is 19.1 Å². The lowest BCUT2D eigenvalue weighted by Gasteiger charge is -2.45. The van der Waals surface area contributed by atoms with Gasteiger partial charge >= 0.3 is 5.97 Å². The minimum Gasteiger partial charge on any atom is -0.466 e. The zero-order chi connectivity index (χ0) is 20.4. The van der Waals surface area contributed by atoms with E-state index in [4.69, 9.17) is 4.74 Å². The van der Waals surface area contributed by atoms with Crippen molar-refractivity contribution in [2.45, 2.75) is 51.0 Å². The molecular formula is C22H29N3O4. The van der Waals surface area contributed by atoms with Gasteiger partial charge in [0, 0.05) is 6.54 Å². The fraction of sp³-hybridized carbons (Fsp3) is 0.591. The van der Waals surface area contributed by atoms with Crippen LogP contribution in [0.3, 0.4) is 0 Å². The van der Waals surface area contributed by atoms with E-state index in [-0.39, 0.29) is 30.2 Å². The Bertz CT molecular complexity index is 803. The first-order chi connectivity index (χ1) is 14.0. The highest BCUT2D eigenvalue weighted by molar-refractivity contribution is 6.15. The van der Waals surface area contributed by atoms with Crippen molar-refractivity contribution in [3.8, 4) is 0 Å². The molecule has 1 saturated carbocycles. The van der Waals surface area contributed by atoms with Crippen LogP contribution in [0.4, 0.5) is 11.4 Å². The molecule has 1 aromatic carbocycles. The number of ether oxygens (including phenoxy) is 1. The largest absolute Gasteiger partial charge is 0.466 e. The van der Waals surface area contributed by atoms with Gasteiger partial charge in [0.05, 0.1) is 30.4 Å². The molecule has 29 heavy (non-hydrogen) atoms. The van der Waals surface area contributed by atoms with Crippen LogP contribution >= 0.6 is 0 Å². The number of para-hydroxylation sites is 2. The summed E-state index contributed by atoms with van der Waals surface area (Å²) in [5.74, 6) is -0.516. The molecule has 7 heteroatoms. The number of anilines is 2. The number of amides is 2. The molecule has 2 fully saturated rings. The molecule has 1 aromatic rings. The smallest absolute Gasteiger partial charge is 0.310 e. The summed E-state index contributed by atoms with van der Waals surface area (Å²) in [5.41, 5.74) is 0.672. The van der Waals surface area contributed by atoms with Crippen molar-refractivity contribution in [1.82, 2.24) is 4.90 Å². The van der Waals surface area contributed by atoms with Crippen LogP contribution in [0.5, 0.6) is 0 Å². The third-order valence-corrected chi connectivity index (χ3v) is 6.41. The fourth-order valence-electron chi connectivity index (χ4n) is 5.04. The fourth-order valence-corrected chi connectivity index (χ4v) is 5.04. The molecule has 0 radical (unpaired) electrons. The molecule has 1 unspecified atom stereocenters. The number of esters is 1. The Morgan fingerprint density at radius 3 is 2.72 bits per heavy atom. The maximum atomic E-state index is 13.5. The molecule has 2 amide bonds. The van der Waals surface area contributed by atoms with E-state index in [2.05, 4.69) is 5.32 Å². The predicted molar refractivity (Wildman–Crippen MR) is 110 cm³/mol. The van der Waals surface area contributed by atoms with Gasteiger partial charge in [0.2, 0.25) is 5.91 Å². The van der Waals surface area contributed by atoms with Gasteiger partial charge in [-0.3, -0.25) is 24.2 Å². The molecule has 156 valence electrons. The van der Waals surface area contributed by atoms with E-state index in [0.29, 0.717) is 31.7 Å². The van der Waals surface area contributed by atoms with Gasteiger partial charge in [0.1, 0.15) is 5.54 Å². The second-order valence-electron chi connectivity index (χ2n) is 8.27. The van der Waals surface area contributed by atoms with Crippen molar-refractivity contribution in [1.29, 1.82) is 0 Å². The Labute approximate surface area is 171 Å². The van der Waals surface area contributed by atoms with Crippen molar-refractivity contribution in [2.24, 2.45) is 5.92 Å². The van der Waals surface area contributed by atoms with Gasteiger partial charge < -0.3 is 10.1 Å². The quantitative estimate of drug-likeness (QED) is 0.788. The Kier molecular flexibility index (Phi) is 5.58. The molecule has 1 aliphatic carbocycles. The van der Waals surface area contributed by atoms with Gasteiger partial charge in [0.25, 0.3) is 5.91 Å². The van der Waals surface area contributed by atoms with Crippen LogP contribution in [0.2, 0.25) is 0 Å². The van der Waals surface area contributed by atoms with Gasteiger partial charge in [0.15, 0.2) is 0 Å². The standard InChI is InChI=1S/C22H29N3O4/c1-2-29-20(27)16-8-7-13-24(14-16)15-19(26)25-18-10-4-3-9-17(18)23-21(28)22(25)11-5-6-12-22/h3-4,9-10,16H,2,5-8,11-15H2,1H3,(H,23,28). The van der Waals surface area contributed by atoms with Crippen LogP contribution in [0.25, 0.3) is 0 Å². The average Bonchev–Trinajstić information content (AvgIpc) is 3.19. The molecule has 3 aliphatic rings. The van der Waals surface area contributed by atoms with Crippen molar-refractivity contribution >= 4 is 29.2 Å². The topological polar surface area (TPSA) is 79.0 Å². The lowest BCUT2D eigenvalue weighted by molar-refractivity contribution is -0.150. The summed E-state index contributed by atoms with van der Waals surface area (Å²) in [5, 5.41) is 3.01. The van der Waals surface area contributed by atoms with Crippen LogP contribution < -0.4 is 10.2 Å². The molecule has 4 rings (SSSR count). The second-order valence-corrected chi connectivity index (χ2v) is 8.27. The molecule has 1 saturated heterocycles. The minimum atomic E-state index is -0.790. The lowest BCUT2D eigenvalue weighted by atomic mass is 9.89. The van der Waals surface area contributed by atoms with Crippen LogP contribution in [-0.4, -0.2) is 54.5 Å².